The molecule has 4 aromatic rings. The fourth-order valence-corrected chi connectivity index (χ4v) is 4.81. The highest BCUT2D eigenvalue weighted by Gasteiger charge is 2.39. The summed E-state index contributed by atoms with van der Waals surface area (Å²) in [6.45, 7) is 5.01. The van der Waals surface area contributed by atoms with Crippen molar-refractivity contribution < 1.29 is 14.4 Å². The molecule has 0 aliphatic carbocycles. The lowest BCUT2D eigenvalue weighted by molar-refractivity contribution is -0.136. The molecule has 35 heavy (non-hydrogen) atoms. The quantitative estimate of drug-likeness (QED) is 0.458. The van der Waals surface area contributed by atoms with Gasteiger partial charge in [-0.1, -0.05) is 5.21 Å². The Hall–Kier alpha value is -4.34. The molecule has 6 rings (SSSR count). The van der Waals surface area contributed by atoms with Crippen LogP contribution < -0.4 is 5.32 Å². The van der Waals surface area contributed by atoms with Gasteiger partial charge < -0.3 is 9.47 Å². The minimum Gasteiger partial charge on any atom is -0.324 e. The summed E-state index contributed by atoms with van der Waals surface area (Å²) < 4.78 is 3.73. The maximum Gasteiger partial charge on any atom is 0.255 e. The zero-order chi connectivity index (χ0) is 24.3. The smallest absolute Gasteiger partial charge is 0.255 e. The number of fused-ring (bicyclic) bond motifs is 2. The predicted molar refractivity (Wildman–Crippen MR) is 126 cm³/mol. The van der Waals surface area contributed by atoms with Crippen LogP contribution in [-0.4, -0.2) is 53.2 Å². The van der Waals surface area contributed by atoms with E-state index in [2.05, 4.69) is 51.2 Å². The molecular weight excluding hydrogens is 446 g/mol. The molecule has 2 aliphatic rings. The molecule has 1 N–H and O–H groups in total. The summed E-state index contributed by atoms with van der Waals surface area (Å²) in [6.07, 6.45) is 4.25. The highest BCUT2D eigenvalue weighted by atomic mass is 16.2. The van der Waals surface area contributed by atoms with E-state index in [-0.39, 0.29) is 18.2 Å². The van der Waals surface area contributed by atoms with Gasteiger partial charge in [-0.2, -0.15) is 0 Å². The van der Waals surface area contributed by atoms with Crippen molar-refractivity contribution in [2.24, 2.45) is 0 Å². The number of piperidine rings is 1. The van der Waals surface area contributed by atoms with Crippen LogP contribution in [0.3, 0.4) is 0 Å². The summed E-state index contributed by atoms with van der Waals surface area (Å²) in [5, 5.41) is 10.9. The number of benzene rings is 2. The Morgan fingerprint density at radius 1 is 1.09 bits per heavy atom. The molecule has 0 radical (unpaired) electrons. The average Bonchev–Trinajstić information content (AvgIpc) is 3.53. The molecule has 0 spiro atoms. The molecule has 2 aromatic heterocycles. The molecule has 1 saturated heterocycles. The van der Waals surface area contributed by atoms with Crippen LogP contribution in [0, 0.1) is 13.8 Å². The lowest BCUT2D eigenvalue weighted by Crippen LogP contribution is -2.52. The SMILES string of the molecule is Cc1cc2ncn(Cc3cn(-c4ccc5c(c4)CN(C4CCC(=O)NC4=O)C5=O)nn3)c2cc1C. The van der Waals surface area contributed by atoms with E-state index in [1.807, 2.05) is 24.7 Å². The van der Waals surface area contributed by atoms with Crippen LogP contribution in [0.5, 0.6) is 0 Å². The van der Waals surface area contributed by atoms with Gasteiger partial charge >= 0.3 is 0 Å². The van der Waals surface area contributed by atoms with Gasteiger partial charge in [-0.15, -0.1) is 5.10 Å². The number of amides is 3. The second kappa shape index (κ2) is 7.86. The van der Waals surface area contributed by atoms with Crippen molar-refractivity contribution in [1.29, 1.82) is 0 Å². The fraction of sp³-hybridized carbons (Fsp3) is 0.280. The molecule has 10 heteroatoms. The Balaban J connectivity index is 1.23. The molecule has 2 aliphatic heterocycles. The highest BCUT2D eigenvalue weighted by Crippen LogP contribution is 2.29. The molecule has 3 amide bonds. The van der Waals surface area contributed by atoms with Gasteiger partial charge in [0.25, 0.3) is 5.91 Å². The second-order valence-corrected chi connectivity index (χ2v) is 9.19. The monoisotopic (exact) mass is 469 g/mol. The first-order valence-corrected chi connectivity index (χ1v) is 11.5. The predicted octanol–water partition coefficient (Wildman–Crippen LogP) is 2.04. The fourth-order valence-electron chi connectivity index (χ4n) is 4.81. The van der Waals surface area contributed by atoms with Gasteiger partial charge in [0.15, 0.2) is 0 Å². The number of carbonyl (C=O) groups is 3. The van der Waals surface area contributed by atoms with Crippen molar-refractivity contribution in [2.45, 2.75) is 45.8 Å². The third-order valence-electron chi connectivity index (χ3n) is 6.88. The summed E-state index contributed by atoms with van der Waals surface area (Å²) in [4.78, 5) is 42.7. The number of hydrogen-bond donors (Lipinski definition) is 1. The van der Waals surface area contributed by atoms with Crippen LogP contribution in [0.4, 0.5) is 0 Å². The van der Waals surface area contributed by atoms with Crippen molar-refractivity contribution in [2.75, 3.05) is 0 Å². The first-order valence-electron chi connectivity index (χ1n) is 11.5. The van der Waals surface area contributed by atoms with Gasteiger partial charge in [0.1, 0.15) is 11.7 Å². The van der Waals surface area contributed by atoms with Crippen LogP contribution in [-0.2, 0) is 22.7 Å². The summed E-state index contributed by atoms with van der Waals surface area (Å²) in [7, 11) is 0. The number of carbonyl (C=O) groups excluding carboxylic acids is 3. The maximum atomic E-state index is 12.9. The van der Waals surface area contributed by atoms with Gasteiger partial charge in [0, 0.05) is 18.5 Å². The van der Waals surface area contributed by atoms with E-state index < -0.39 is 11.9 Å². The van der Waals surface area contributed by atoms with E-state index in [0.717, 1.165) is 28.0 Å². The minimum atomic E-state index is -0.633. The largest absolute Gasteiger partial charge is 0.324 e. The summed E-state index contributed by atoms with van der Waals surface area (Å²) in [6, 6.07) is 9.06. The summed E-state index contributed by atoms with van der Waals surface area (Å²) in [5.41, 5.74) is 7.36. The Labute approximate surface area is 200 Å². The summed E-state index contributed by atoms with van der Waals surface area (Å²) >= 11 is 0. The molecule has 1 unspecified atom stereocenters. The third-order valence-corrected chi connectivity index (χ3v) is 6.88. The van der Waals surface area contributed by atoms with E-state index in [1.54, 1.807) is 10.7 Å². The van der Waals surface area contributed by atoms with E-state index in [4.69, 9.17) is 0 Å². The van der Waals surface area contributed by atoms with Crippen molar-refractivity contribution in [3.63, 3.8) is 0 Å². The molecular formula is C25H23N7O3. The van der Waals surface area contributed by atoms with Crippen LogP contribution in [0.1, 0.15) is 45.6 Å². The van der Waals surface area contributed by atoms with Gasteiger partial charge in [0.2, 0.25) is 11.8 Å². The zero-order valence-electron chi connectivity index (χ0n) is 19.4. The van der Waals surface area contributed by atoms with E-state index in [1.165, 1.54) is 16.0 Å². The first-order chi connectivity index (χ1) is 16.9. The Morgan fingerprint density at radius 2 is 1.91 bits per heavy atom. The molecule has 10 nitrogen and oxygen atoms in total. The molecule has 1 fully saturated rings. The third kappa shape index (κ3) is 3.58. The standard InChI is InChI=1S/C25H23N7O3/c1-14-7-20-22(8-15(14)2)30(13-26-20)11-17-12-32(29-28-17)18-3-4-19-16(9-18)10-31(25(19)35)21-5-6-23(33)27-24(21)34/h3-4,7-9,12-13,21H,5-6,10-11H2,1-2H3,(H,27,33,34). The normalized spacial score (nSPS) is 17.8. The van der Waals surface area contributed by atoms with E-state index >= 15 is 0 Å². The molecule has 0 bridgehead atoms. The van der Waals surface area contributed by atoms with Gasteiger partial charge in [-0.25, -0.2) is 9.67 Å². The van der Waals surface area contributed by atoms with Gasteiger partial charge in [-0.05, 0) is 67.3 Å². The number of imide groups is 1. The lowest BCUT2D eigenvalue weighted by atomic mass is 10.0. The maximum absolute atomic E-state index is 12.9. The van der Waals surface area contributed by atoms with Crippen molar-refractivity contribution >= 4 is 28.8 Å². The van der Waals surface area contributed by atoms with Gasteiger partial charge in [0.05, 0.1) is 35.8 Å². The molecule has 1 atom stereocenters. The first kappa shape index (κ1) is 21.2. The number of nitrogens with zero attached hydrogens (tertiary/aromatic N) is 6. The number of aryl methyl sites for hydroxylation is 2. The molecule has 0 saturated carbocycles. The zero-order valence-corrected chi connectivity index (χ0v) is 19.4. The topological polar surface area (TPSA) is 115 Å². The van der Waals surface area contributed by atoms with Crippen molar-refractivity contribution in [1.82, 2.24) is 34.8 Å². The Bertz CT molecular complexity index is 1530. The number of nitrogens with one attached hydrogen (secondary N) is 1. The number of imidazole rings is 1. The number of aromatic nitrogens is 5. The number of hydrogen-bond acceptors (Lipinski definition) is 6. The minimum absolute atomic E-state index is 0.196. The second-order valence-electron chi connectivity index (χ2n) is 9.19. The Kier molecular flexibility index (Phi) is 4.77. The Morgan fingerprint density at radius 3 is 2.74 bits per heavy atom. The lowest BCUT2D eigenvalue weighted by Gasteiger charge is -2.29. The van der Waals surface area contributed by atoms with Crippen LogP contribution in [0.2, 0.25) is 0 Å². The van der Waals surface area contributed by atoms with Gasteiger partial charge in [-0.3, -0.25) is 19.7 Å². The van der Waals surface area contributed by atoms with Crippen molar-refractivity contribution in [3.8, 4) is 5.69 Å². The summed E-state index contributed by atoms with van der Waals surface area (Å²) in [5.74, 6) is -0.910. The molecule has 4 heterocycles. The van der Waals surface area contributed by atoms with Crippen LogP contribution in [0.15, 0.2) is 42.9 Å². The van der Waals surface area contributed by atoms with Crippen LogP contribution in [0.25, 0.3) is 16.7 Å². The van der Waals surface area contributed by atoms with E-state index in [0.29, 0.717) is 25.1 Å². The number of rotatable bonds is 4. The molecule has 2 aromatic carbocycles. The van der Waals surface area contributed by atoms with E-state index in [9.17, 15) is 14.4 Å². The highest BCUT2D eigenvalue weighted by molar-refractivity contribution is 6.05. The molecule has 176 valence electrons. The van der Waals surface area contributed by atoms with Crippen molar-refractivity contribution in [3.05, 3.63) is 70.8 Å². The van der Waals surface area contributed by atoms with Crippen LogP contribution >= 0.6 is 0 Å². The average molecular weight is 470 g/mol.